The van der Waals surface area contributed by atoms with Crippen molar-refractivity contribution in [2.75, 3.05) is 0 Å². The second-order valence-corrected chi connectivity index (χ2v) is 3.03. The van der Waals surface area contributed by atoms with E-state index in [1.54, 1.807) is 18.3 Å². The van der Waals surface area contributed by atoms with Crippen molar-refractivity contribution >= 4 is 5.52 Å². The molecule has 2 aromatic heterocycles. The van der Waals surface area contributed by atoms with Gasteiger partial charge in [-0.25, -0.2) is 4.52 Å². The van der Waals surface area contributed by atoms with Gasteiger partial charge < -0.3 is 0 Å². The van der Waals surface area contributed by atoms with Crippen molar-refractivity contribution in [2.24, 2.45) is 0 Å². The largest absolute Gasteiger partial charge is 0.393 e. The van der Waals surface area contributed by atoms with E-state index in [-0.39, 0.29) is 5.56 Å². The molecule has 2 nitrogen and oxygen atoms in total. The number of halogens is 3. The fourth-order valence-electron chi connectivity index (χ4n) is 1.29. The van der Waals surface area contributed by atoms with Crippen molar-refractivity contribution < 1.29 is 13.2 Å². The van der Waals surface area contributed by atoms with E-state index in [9.17, 15) is 13.2 Å². The average Bonchev–Trinajstić information content (AvgIpc) is 2.47. The summed E-state index contributed by atoms with van der Waals surface area (Å²) < 4.78 is 37.5. The van der Waals surface area contributed by atoms with Crippen LogP contribution >= 0.6 is 0 Å². The zero-order valence-electron chi connectivity index (χ0n) is 7.12. The molecule has 0 aliphatic rings. The van der Waals surface area contributed by atoms with Gasteiger partial charge in [-0.2, -0.15) is 18.3 Å². The minimum atomic E-state index is -4.17. The Morgan fingerprint density at radius 2 is 2.00 bits per heavy atom. The molecule has 0 aliphatic carbocycles. The molecule has 0 aromatic carbocycles. The smallest absolute Gasteiger partial charge is 0.241 e. The Hall–Kier alpha value is -1.52. The monoisotopic (exact) mass is 200 g/mol. The van der Waals surface area contributed by atoms with Crippen LogP contribution in [0, 0.1) is 0 Å². The maximum Gasteiger partial charge on any atom is 0.393 e. The molecule has 0 N–H and O–H groups in total. The van der Waals surface area contributed by atoms with Crippen molar-refractivity contribution in [3.05, 3.63) is 36.2 Å². The third-order valence-corrected chi connectivity index (χ3v) is 1.86. The van der Waals surface area contributed by atoms with Gasteiger partial charge in [-0.05, 0) is 17.7 Å². The average molecular weight is 200 g/mol. The lowest BCUT2D eigenvalue weighted by Gasteiger charge is -2.05. The van der Waals surface area contributed by atoms with Crippen LogP contribution in [0.5, 0.6) is 0 Å². The van der Waals surface area contributed by atoms with E-state index in [0.717, 1.165) is 5.52 Å². The number of alkyl halides is 3. The number of nitrogens with zero attached hydrogens (tertiary/aromatic N) is 2. The molecule has 2 heterocycles. The van der Waals surface area contributed by atoms with Gasteiger partial charge in [0.2, 0.25) is 0 Å². The normalized spacial score (nSPS) is 12.2. The summed E-state index contributed by atoms with van der Waals surface area (Å²) in [7, 11) is 0. The minimum Gasteiger partial charge on any atom is -0.241 e. The molecule has 0 bridgehead atoms. The standard InChI is InChI=1S/C9H7F3N2/c10-9(11,12)5-7-1-2-8-3-4-13-14(8)6-7/h1-4,6H,5H2. The number of aromatic nitrogens is 2. The Balaban J connectivity index is 2.35. The number of rotatable bonds is 1. The molecule has 0 spiro atoms. The summed E-state index contributed by atoms with van der Waals surface area (Å²) in [5, 5.41) is 3.86. The fourth-order valence-corrected chi connectivity index (χ4v) is 1.29. The van der Waals surface area contributed by atoms with Crippen LogP contribution in [0.2, 0.25) is 0 Å². The molecule has 2 rings (SSSR count). The highest BCUT2D eigenvalue weighted by Crippen LogP contribution is 2.21. The van der Waals surface area contributed by atoms with E-state index in [2.05, 4.69) is 5.10 Å². The number of hydrogen-bond acceptors (Lipinski definition) is 1. The van der Waals surface area contributed by atoms with E-state index < -0.39 is 12.6 Å². The van der Waals surface area contributed by atoms with Gasteiger partial charge in [-0.1, -0.05) is 6.07 Å². The molecular formula is C9H7F3N2. The topological polar surface area (TPSA) is 17.3 Å². The van der Waals surface area contributed by atoms with Crippen LogP contribution < -0.4 is 0 Å². The quantitative estimate of drug-likeness (QED) is 0.691. The maximum atomic E-state index is 12.0. The summed E-state index contributed by atoms with van der Waals surface area (Å²) in [6, 6.07) is 4.82. The molecule has 14 heavy (non-hydrogen) atoms. The molecule has 5 heteroatoms. The minimum absolute atomic E-state index is 0.216. The zero-order valence-corrected chi connectivity index (χ0v) is 7.12. The van der Waals surface area contributed by atoms with Crippen LogP contribution in [0.1, 0.15) is 5.56 Å². The summed E-state index contributed by atoms with van der Waals surface area (Å²) in [6.07, 6.45) is -2.14. The summed E-state index contributed by atoms with van der Waals surface area (Å²) >= 11 is 0. The molecule has 2 aromatic rings. The highest BCUT2D eigenvalue weighted by molar-refractivity contribution is 5.45. The Morgan fingerprint density at radius 1 is 1.21 bits per heavy atom. The zero-order chi connectivity index (χ0) is 10.2. The van der Waals surface area contributed by atoms with Crippen LogP contribution in [-0.2, 0) is 6.42 Å². The summed E-state index contributed by atoms with van der Waals surface area (Å²) in [4.78, 5) is 0. The van der Waals surface area contributed by atoms with Gasteiger partial charge in [0.25, 0.3) is 0 Å². The first-order valence-corrected chi connectivity index (χ1v) is 4.04. The summed E-state index contributed by atoms with van der Waals surface area (Å²) in [5.41, 5.74) is 1.00. The van der Waals surface area contributed by atoms with Crippen molar-refractivity contribution in [3.63, 3.8) is 0 Å². The highest BCUT2D eigenvalue weighted by Gasteiger charge is 2.27. The van der Waals surface area contributed by atoms with Gasteiger partial charge in [-0.15, -0.1) is 0 Å². The second-order valence-electron chi connectivity index (χ2n) is 3.03. The highest BCUT2D eigenvalue weighted by atomic mass is 19.4. The molecule has 0 atom stereocenters. The molecule has 0 amide bonds. The van der Waals surface area contributed by atoms with Gasteiger partial charge in [0.1, 0.15) is 0 Å². The third kappa shape index (κ3) is 1.86. The molecule has 0 saturated heterocycles. The van der Waals surface area contributed by atoms with E-state index in [1.807, 2.05) is 0 Å². The molecule has 74 valence electrons. The van der Waals surface area contributed by atoms with Crippen LogP contribution in [-0.4, -0.2) is 15.8 Å². The SMILES string of the molecule is FC(F)(F)Cc1ccc2ccnn2c1. The second kappa shape index (κ2) is 3.01. The van der Waals surface area contributed by atoms with Gasteiger partial charge in [0.15, 0.2) is 0 Å². The first-order chi connectivity index (χ1) is 6.54. The van der Waals surface area contributed by atoms with Crippen molar-refractivity contribution in [1.82, 2.24) is 9.61 Å². The fraction of sp³-hybridized carbons (Fsp3) is 0.222. The van der Waals surface area contributed by atoms with Gasteiger partial charge in [0.05, 0.1) is 11.9 Å². The predicted molar refractivity (Wildman–Crippen MR) is 45.0 cm³/mol. The third-order valence-electron chi connectivity index (χ3n) is 1.86. The van der Waals surface area contributed by atoms with E-state index >= 15 is 0 Å². The van der Waals surface area contributed by atoms with E-state index in [4.69, 9.17) is 0 Å². The number of hydrogen-bond donors (Lipinski definition) is 0. The Morgan fingerprint density at radius 3 is 2.71 bits per heavy atom. The van der Waals surface area contributed by atoms with Gasteiger partial charge in [-0.3, -0.25) is 0 Å². The first-order valence-electron chi connectivity index (χ1n) is 4.04. The number of fused-ring (bicyclic) bond motifs is 1. The van der Waals surface area contributed by atoms with Crippen LogP contribution in [0.15, 0.2) is 30.6 Å². The Labute approximate surface area is 78.0 Å². The lowest BCUT2D eigenvalue weighted by molar-refractivity contribution is -0.127. The van der Waals surface area contributed by atoms with E-state index in [0.29, 0.717) is 0 Å². The summed E-state index contributed by atoms with van der Waals surface area (Å²) in [6.45, 7) is 0. The molecule has 0 saturated carbocycles. The number of pyridine rings is 1. The van der Waals surface area contributed by atoms with Crippen LogP contribution in [0.4, 0.5) is 13.2 Å². The molecule has 0 unspecified atom stereocenters. The Kier molecular flexibility index (Phi) is 1.94. The molecule has 0 fully saturated rings. The van der Waals surface area contributed by atoms with Gasteiger partial charge >= 0.3 is 6.18 Å². The lowest BCUT2D eigenvalue weighted by Crippen LogP contribution is -2.11. The van der Waals surface area contributed by atoms with Crippen LogP contribution in [0.25, 0.3) is 5.52 Å². The molecule has 0 radical (unpaired) electrons. The summed E-state index contributed by atoms with van der Waals surface area (Å²) in [5.74, 6) is 0. The lowest BCUT2D eigenvalue weighted by atomic mass is 10.2. The van der Waals surface area contributed by atoms with E-state index in [1.165, 1.54) is 16.8 Å². The Bertz CT molecular complexity index is 444. The molecule has 0 aliphatic heterocycles. The van der Waals surface area contributed by atoms with Gasteiger partial charge in [0, 0.05) is 12.4 Å². The van der Waals surface area contributed by atoms with Crippen molar-refractivity contribution in [3.8, 4) is 0 Å². The first kappa shape index (κ1) is 9.05. The van der Waals surface area contributed by atoms with Crippen LogP contribution in [0.3, 0.4) is 0 Å². The molecular weight excluding hydrogens is 193 g/mol. The maximum absolute atomic E-state index is 12.0. The van der Waals surface area contributed by atoms with Crippen molar-refractivity contribution in [1.29, 1.82) is 0 Å². The predicted octanol–water partition coefficient (Wildman–Crippen LogP) is 2.44. The van der Waals surface area contributed by atoms with Crippen molar-refractivity contribution in [2.45, 2.75) is 12.6 Å².